The van der Waals surface area contributed by atoms with Gasteiger partial charge in [-0.1, -0.05) is 18.6 Å². The third-order valence-corrected chi connectivity index (χ3v) is 4.20. The van der Waals surface area contributed by atoms with Crippen LogP contribution in [0, 0.1) is 0 Å². The first-order valence-corrected chi connectivity index (χ1v) is 7.47. The van der Waals surface area contributed by atoms with Crippen molar-refractivity contribution in [1.82, 2.24) is 14.5 Å². The molecule has 1 saturated heterocycles. The smallest absolute Gasteiger partial charge is 0.109 e. The Kier molecular flexibility index (Phi) is 3.83. The van der Waals surface area contributed by atoms with Crippen molar-refractivity contribution in [3.05, 3.63) is 30.1 Å². The fraction of sp³-hybridized carbons (Fsp3) is 0.562. The van der Waals surface area contributed by atoms with Crippen LogP contribution in [-0.4, -0.2) is 34.1 Å². The van der Waals surface area contributed by atoms with Gasteiger partial charge in [-0.2, -0.15) is 0 Å². The molecule has 3 rings (SSSR count). The number of rotatable bonds is 4. The van der Waals surface area contributed by atoms with E-state index in [9.17, 15) is 0 Å². The second kappa shape index (κ2) is 5.74. The van der Waals surface area contributed by atoms with Crippen LogP contribution in [-0.2, 0) is 13.5 Å². The molecule has 1 fully saturated rings. The van der Waals surface area contributed by atoms with Gasteiger partial charge in [0.25, 0.3) is 0 Å². The molecule has 1 aromatic heterocycles. The Balaban J connectivity index is 1.60. The predicted molar refractivity (Wildman–Crippen MR) is 79.3 cm³/mol. The van der Waals surface area contributed by atoms with Gasteiger partial charge in [0.15, 0.2) is 0 Å². The lowest BCUT2D eigenvalue weighted by Gasteiger charge is -2.26. The number of imidazole rings is 1. The van der Waals surface area contributed by atoms with Gasteiger partial charge in [0.05, 0.1) is 11.0 Å². The van der Waals surface area contributed by atoms with E-state index in [2.05, 4.69) is 40.8 Å². The van der Waals surface area contributed by atoms with Crippen LogP contribution in [0.2, 0.25) is 0 Å². The average molecular weight is 257 g/mol. The normalized spacial score (nSPS) is 17.1. The molecule has 0 saturated carbocycles. The molecule has 3 heteroatoms. The van der Waals surface area contributed by atoms with Crippen molar-refractivity contribution < 1.29 is 0 Å². The molecule has 0 amide bonds. The average Bonchev–Trinajstić information content (AvgIpc) is 2.78. The number of hydrogen-bond donors (Lipinski definition) is 0. The fourth-order valence-corrected chi connectivity index (χ4v) is 3.06. The van der Waals surface area contributed by atoms with Gasteiger partial charge < -0.3 is 9.47 Å². The molecule has 1 aromatic carbocycles. The topological polar surface area (TPSA) is 21.1 Å². The predicted octanol–water partition coefficient (Wildman–Crippen LogP) is 2.99. The zero-order valence-electron chi connectivity index (χ0n) is 11.8. The molecule has 102 valence electrons. The van der Waals surface area contributed by atoms with Crippen LogP contribution in [0.15, 0.2) is 24.3 Å². The van der Waals surface area contributed by atoms with Crippen molar-refractivity contribution in [3.63, 3.8) is 0 Å². The Morgan fingerprint density at radius 3 is 2.68 bits per heavy atom. The minimum Gasteiger partial charge on any atom is -0.331 e. The van der Waals surface area contributed by atoms with Crippen LogP contribution in [0.25, 0.3) is 11.0 Å². The summed E-state index contributed by atoms with van der Waals surface area (Å²) in [5.41, 5.74) is 2.37. The molecule has 1 aliphatic heterocycles. The van der Waals surface area contributed by atoms with Crippen LogP contribution in [0.4, 0.5) is 0 Å². The van der Waals surface area contributed by atoms with Gasteiger partial charge in [0, 0.05) is 13.5 Å². The van der Waals surface area contributed by atoms with E-state index in [0.717, 1.165) is 11.9 Å². The quantitative estimate of drug-likeness (QED) is 0.839. The van der Waals surface area contributed by atoms with E-state index in [1.54, 1.807) is 0 Å². The third kappa shape index (κ3) is 2.81. The molecule has 1 aliphatic rings. The van der Waals surface area contributed by atoms with Gasteiger partial charge in [-0.15, -0.1) is 0 Å². The summed E-state index contributed by atoms with van der Waals surface area (Å²) in [6, 6.07) is 8.40. The van der Waals surface area contributed by atoms with Crippen molar-refractivity contribution in [2.75, 3.05) is 19.6 Å². The molecule has 0 bridgehead atoms. The lowest BCUT2D eigenvalue weighted by atomic mass is 10.1. The molecule has 0 aliphatic carbocycles. The summed E-state index contributed by atoms with van der Waals surface area (Å²) >= 11 is 0. The highest BCUT2D eigenvalue weighted by molar-refractivity contribution is 5.75. The molecular formula is C16H23N3. The lowest BCUT2D eigenvalue weighted by molar-refractivity contribution is 0.226. The largest absolute Gasteiger partial charge is 0.331 e. The second-order valence-electron chi connectivity index (χ2n) is 5.58. The second-order valence-corrected chi connectivity index (χ2v) is 5.58. The van der Waals surface area contributed by atoms with Crippen LogP contribution in [0.3, 0.4) is 0 Å². The zero-order chi connectivity index (χ0) is 13.1. The van der Waals surface area contributed by atoms with E-state index in [4.69, 9.17) is 4.98 Å². The van der Waals surface area contributed by atoms with Crippen molar-refractivity contribution in [3.8, 4) is 0 Å². The standard InChI is InChI=1S/C16H23N3/c1-18-15-9-4-3-8-14(15)17-16(18)10-7-13-19-11-5-2-6-12-19/h3-4,8-9H,2,5-7,10-13H2,1H3. The molecule has 0 atom stereocenters. The van der Waals surface area contributed by atoms with Crippen molar-refractivity contribution in [1.29, 1.82) is 0 Å². The van der Waals surface area contributed by atoms with Gasteiger partial charge in [-0.3, -0.25) is 0 Å². The first-order chi connectivity index (χ1) is 9.34. The van der Waals surface area contributed by atoms with Gasteiger partial charge >= 0.3 is 0 Å². The van der Waals surface area contributed by atoms with E-state index >= 15 is 0 Å². The zero-order valence-corrected chi connectivity index (χ0v) is 11.8. The van der Waals surface area contributed by atoms with Gasteiger partial charge in [-0.25, -0.2) is 4.98 Å². The van der Waals surface area contributed by atoms with Crippen molar-refractivity contribution in [2.24, 2.45) is 7.05 Å². The van der Waals surface area contributed by atoms with Crippen molar-refractivity contribution >= 4 is 11.0 Å². The molecule has 3 nitrogen and oxygen atoms in total. The highest BCUT2D eigenvalue weighted by Gasteiger charge is 2.11. The van der Waals surface area contributed by atoms with Crippen LogP contribution >= 0.6 is 0 Å². The van der Waals surface area contributed by atoms with E-state index in [1.807, 2.05) is 0 Å². The molecule has 19 heavy (non-hydrogen) atoms. The first-order valence-electron chi connectivity index (χ1n) is 7.47. The molecule has 0 spiro atoms. The summed E-state index contributed by atoms with van der Waals surface area (Å²) in [5.74, 6) is 1.22. The lowest BCUT2D eigenvalue weighted by Crippen LogP contribution is -2.30. The van der Waals surface area contributed by atoms with E-state index in [0.29, 0.717) is 0 Å². The molecular weight excluding hydrogens is 234 g/mol. The summed E-state index contributed by atoms with van der Waals surface area (Å²) in [6.45, 7) is 3.81. The van der Waals surface area contributed by atoms with Gasteiger partial charge in [0.1, 0.15) is 5.82 Å². The fourth-order valence-electron chi connectivity index (χ4n) is 3.06. The number of aromatic nitrogens is 2. The van der Waals surface area contributed by atoms with Crippen LogP contribution in [0.5, 0.6) is 0 Å². The van der Waals surface area contributed by atoms with Crippen LogP contribution in [0.1, 0.15) is 31.5 Å². The molecule has 0 unspecified atom stereocenters. The number of fused-ring (bicyclic) bond motifs is 1. The number of nitrogens with zero attached hydrogens (tertiary/aromatic N) is 3. The summed E-state index contributed by atoms with van der Waals surface area (Å²) in [5, 5.41) is 0. The van der Waals surface area contributed by atoms with Crippen LogP contribution < -0.4 is 0 Å². The number of hydrogen-bond acceptors (Lipinski definition) is 2. The summed E-state index contributed by atoms with van der Waals surface area (Å²) < 4.78 is 2.24. The Morgan fingerprint density at radius 1 is 1.11 bits per heavy atom. The molecule has 0 N–H and O–H groups in total. The Labute approximate surface area is 115 Å². The molecule has 2 aromatic rings. The Morgan fingerprint density at radius 2 is 1.89 bits per heavy atom. The summed E-state index contributed by atoms with van der Waals surface area (Å²) in [4.78, 5) is 7.34. The van der Waals surface area contributed by atoms with Gasteiger partial charge in [-0.05, 0) is 51.0 Å². The maximum Gasteiger partial charge on any atom is 0.109 e. The highest BCUT2D eigenvalue weighted by atomic mass is 15.1. The number of aryl methyl sites for hydroxylation is 2. The number of likely N-dealkylation sites (tertiary alicyclic amines) is 1. The minimum absolute atomic E-state index is 1.08. The highest BCUT2D eigenvalue weighted by Crippen LogP contribution is 2.16. The van der Waals surface area contributed by atoms with E-state index < -0.39 is 0 Å². The maximum absolute atomic E-state index is 4.74. The van der Waals surface area contributed by atoms with E-state index in [1.165, 1.54) is 56.7 Å². The number of benzene rings is 1. The SMILES string of the molecule is Cn1c(CCCN2CCCCC2)nc2ccccc21. The Hall–Kier alpha value is -1.35. The molecule has 2 heterocycles. The number of para-hydroxylation sites is 2. The summed E-state index contributed by atoms with van der Waals surface area (Å²) in [6.07, 6.45) is 6.48. The monoisotopic (exact) mass is 257 g/mol. The first kappa shape index (κ1) is 12.7. The Bertz CT molecular complexity index is 538. The van der Waals surface area contributed by atoms with Crippen molar-refractivity contribution in [2.45, 2.75) is 32.1 Å². The molecule has 0 radical (unpaired) electrons. The summed E-state index contributed by atoms with van der Waals surface area (Å²) in [7, 11) is 2.13. The number of piperidine rings is 1. The minimum atomic E-state index is 1.08. The van der Waals surface area contributed by atoms with Gasteiger partial charge in [0.2, 0.25) is 0 Å². The maximum atomic E-state index is 4.74. The van der Waals surface area contributed by atoms with E-state index in [-0.39, 0.29) is 0 Å². The third-order valence-electron chi connectivity index (χ3n) is 4.20.